The Morgan fingerprint density at radius 1 is 1.15 bits per heavy atom. The van der Waals surface area contributed by atoms with Crippen LogP contribution in [-0.4, -0.2) is 21.2 Å². The molecule has 0 aliphatic rings. The maximum Gasteiger partial charge on any atom is 0.291 e. The van der Waals surface area contributed by atoms with Gasteiger partial charge in [0.25, 0.3) is 5.56 Å². The molecule has 0 aliphatic heterocycles. The minimum Gasteiger partial charge on any atom is -0.494 e. The van der Waals surface area contributed by atoms with Crippen molar-refractivity contribution in [2.45, 2.75) is 6.92 Å². The lowest BCUT2D eigenvalue weighted by atomic mass is 10.2. The number of fused-ring (bicyclic) bond motifs is 1. The summed E-state index contributed by atoms with van der Waals surface area (Å²) in [4.78, 5) is 17.5. The number of thiazole rings is 1. The molecule has 0 fully saturated rings. The van der Waals surface area contributed by atoms with Crippen LogP contribution in [0.2, 0.25) is 0 Å². The Balaban J connectivity index is 1.71. The highest BCUT2D eigenvalue weighted by Crippen LogP contribution is 2.20. The van der Waals surface area contributed by atoms with Crippen molar-refractivity contribution in [3.8, 4) is 17.1 Å². The number of benzene rings is 2. The third kappa shape index (κ3) is 3.09. The van der Waals surface area contributed by atoms with Crippen LogP contribution in [0.4, 0.5) is 4.39 Å². The fourth-order valence-corrected chi connectivity index (χ4v) is 3.44. The maximum atomic E-state index is 13.0. The Morgan fingerprint density at radius 3 is 2.54 bits per heavy atom. The number of hydrogen-bond acceptors (Lipinski definition) is 5. The van der Waals surface area contributed by atoms with Gasteiger partial charge in [0.05, 0.1) is 11.1 Å². The molecule has 130 valence electrons. The number of nitrogens with zero attached hydrogens (tertiary/aromatic N) is 3. The SMILES string of the molecule is CCOc1ccc(-c2nc3s/c(=C/c4ccc(F)cc4)c(=O)n3n2)cc1. The second-order valence-corrected chi connectivity index (χ2v) is 6.56. The van der Waals surface area contributed by atoms with Crippen LogP contribution in [0.15, 0.2) is 53.3 Å². The van der Waals surface area contributed by atoms with E-state index in [1.165, 1.54) is 28.0 Å². The van der Waals surface area contributed by atoms with E-state index in [-0.39, 0.29) is 11.4 Å². The zero-order chi connectivity index (χ0) is 18.1. The lowest BCUT2D eigenvalue weighted by molar-refractivity contribution is 0.340. The monoisotopic (exact) mass is 367 g/mol. The molecule has 0 unspecified atom stereocenters. The van der Waals surface area contributed by atoms with Gasteiger partial charge in [-0.25, -0.2) is 4.39 Å². The fraction of sp³-hybridized carbons (Fsp3) is 0.105. The van der Waals surface area contributed by atoms with Gasteiger partial charge in [-0.05, 0) is 55.0 Å². The standard InChI is InChI=1S/C19H14FN3O2S/c1-2-25-15-9-5-13(6-10-15)17-21-19-23(22-17)18(24)16(26-19)11-12-3-7-14(20)8-4-12/h3-11H,2H2,1H3/b16-11+. The number of hydrogen-bond donors (Lipinski definition) is 0. The summed E-state index contributed by atoms with van der Waals surface area (Å²) < 4.78 is 20.2. The molecule has 0 N–H and O–H groups in total. The van der Waals surface area contributed by atoms with Crippen LogP contribution in [0.5, 0.6) is 5.75 Å². The van der Waals surface area contributed by atoms with Crippen LogP contribution in [0.1, 0.15) is 12.5 Å². The largest absolute Gasteiger partial charge is 0.494 e. The molecule has 5 nitrogen and oxygen atoms in total. The quantitative estimate of drug-likeness (QED) is 0.557. The van der Waals surface area contributed by atoms with E-state index in [0.29, 0.717) is 21.9 Å². The molecule has 4 aromatic rings. The van der Waals surface area contributed by atoms with Crippen LogP contribution in [0.25, 0.3) is 22.4 Å². The third-order valence-electron chi connectivity index (χ3n) is 3.77. The zero-order valence-electron chi connectivity index (χ0n) is 13.8. The van der Waals surface area contributed by atoms with E-state index in [4.69, 9.17) is 4.74 Å². The summed E-state index contributed by atoms with van der Waals surface area (Å²) in [6.07, 6.45) is 1.71. The summed E-state index contributed by atoms with van der Waals surface area (Å²) >= 11 is 1.25. The van der Waals surface area contributed by atoms with E-state index < -0.39 is 0 Å². The predicted molar refractivity (Wildman–Crippen MR) is 98.9 cm³/mol. The number of aromatic nitrogens is 3. The molecular weight excluding hydrogens is 353 g/mol. The summed E-state index contributed by atoms with van der Waals surface area (Å²) in [5.41, 5.74) is 1.33. The minimum absolute atomic E-state index is 0.237. The molecule has 0 atom stereocenters. The highest BCUT2D eigenvalue weighted by molar-refractivity contribution is 7.15. The van der Waals surface area contributed by atoms with Gasteiger partial charge >= 0.3 is 0 Å². The highest BCUT2D eigenvalue weighted by atomic mass is 32.1. The zero-order valence-corrected chi connectivity index (χ0v) is 14.7. The average molecular weight is 367 g/mol. The van der Waals surface area contributed by atoms with Gasteiger partial charge in [0.15, 0.2) is 5.82 Å². The van der Waals surface area contributed by atoms with Crippen molar-refractivity contribution >= 4 is 22.4 Å². The minimum atomic E-state index is -0.313. The second kappa shape index (κ2) is 6.68. The summed E-state index contributed by atoms with van der Waals surface area (Å²) in [5.74, 6) is 0.954. The summed E-state index contributed by atoms with van der Waals surface area (Å²) in [7, 11) is 0. The van der Waals surface area contributed by atoms with Crippen LogP contribution in [-0.2, 0) is 0 Å². The summed E-state index contributed by atoms with van der Waals surface area (Å²) in [6, 6.07) is 13.4. The van der Waals surface area contributed by atoms with E-state index in [0.717, 1.165) is 16.9 Å². The van der Waals surface area contributed by atoms with Crippen molar-refractivity contribution in [1.29, 1.82) is 0 Å². The second-order valence-electron chi connectivity index (χ2n) is 5.55. The Bertz CT molecular complexity index is 1160. The number of rotatable bonds is 4. The average Bonchev–Trinajstić information content (AvgIpc) is 3.18. The molecule has 7 heteroatoms. The van der Waals surface area contributed by atoms with Gasteiger partial charge in [0, 0.05) is 5.56 Å². The predicted octanol–water partition coefficient (Wildman–Crippen LogP) is 2.90. The first kappa shape index (κ1) is 16.4. The smallest absolute Gasteiger partial charge is 0.291 e. The van der Waals surface area contributed by atoms with E-state index in [9.17, 15) is 9.18 Å². The summed E-state index contributed by atoms with van der Waals surface area (Å²) in [6.45, 7) is 2.53. The van der Waals surface area contributed by atoms with Gasteiger partial charge < -0.3 is 4.74 Å². The molecule has 26 heavy (non-hydrogen) atoms. The van der Waals surface area contributed by atoms with Gasteiger partial charge in [-0.2, -0.15) is 9.50 Å². The van der Waals surface area contributed by atoms with Gasteiger partial charge in [0.1, 0.15) is 11.6 Å². The number of ether oxygens (including phenoxy) is 1. The molecule has 2 aromatic carbocycles. The molecule has 0 amide bonds. The van der Waals surface area contributed by atoms with Crippen LogP contribution in [0.3, 0.4) is 0 Å². The molecule has 0 saturated carbocycles. The van der Waals surface area contributed by atoms with Crippen LogP contribution < -0.4 is 14.8 Å². The summed E-state index contributed by atoms with van der Waals surface area (Å²) in [5, 5.41) is 4.32. The molecule has 4 rings (SSSR count). The van der Waals surface area contributed by atoms with Gasteiger partial charge in [-0.15, -0.1) is 5.10 Å². The Labute approximate surface area is 152 Å². The molecular formula is C19H14FN3O2S. The van der Waals surface area contributed by atoms with E-state index >= 15 is 0 Å². The van der Waals surface area contributed by atoms with E-state index in [2.05, 4.69) is 10.1 Å². The molecule has 0 aliphatic carbocycles. The first-order chi connectivity index (χ1) is 12.6. The molecule has 2 aromatic heterocycles. The van der Waals surface area contributed by atoms with E-state index in [1.807, 2.05) is 31.2 Å². The highest BCUT2D eigenvalue weighted by Gasteiger charge is 2.12. The third-order valence-corrected chi connectivity index (χ3v) is 4.73. The lowest BCUT2D eigenvalue weighted by Gasteiger charge is -2.02. The molecule has 2 heterocycles. The van der Waals surface area contributed by atoms with Crippen molar-refractivity contribution < 1.29 is 9.13 Å². The van der Waals surface area contributed by atoms with Crippen LogP contribution in [0, 0.1) is 5.82 Å². The van der Waals surface area contributed by atoms with Gasteiger partial charge in [-0.3, -0.25) is 4.79 Å². The maximum absolute atomic E-state index is 13.0. The van der Waals surface area contributed by atoms with Crippen molar-refractivity contribution in [3.05, 3.63) is 74.8 Å². The fourth-order valence-electron chi connectivity index (χ4n) is 2.53. The van der Waals surface area contributed by atoms with Crippen molar-refractivity contribution in [2.24, 2.45) is 0 Å². The van der Waals surface area contributed by atoms with Crippen molar-refractivity contribution in [2.75, 3.05) is 6.61 Å². The van der Waals surface area contributed by atoms with Crippen molar-refractivity contribution in [1.82, 2.24) is 14.6 Å². The van der Waals surface area contributed by atoms with Crippen molar-refractivity contribution in [3.63, 3.8) is 0 Å². The Morgan fingerprint density at radius 2 is 1.88 bits per heavy atom. The molecule has 0 bridgehead atoms. The Kier molecular flexibility index (Phi) is 4.22. The first-order valence-corrected chi connectivity index (χ1v) is 8.86. The lowest BCUT2D eigenvalue weighted by Crippen LogP contribution is -2.23. The topological polar surface area (TPSA) is 56.5 Å². The van der Waals surface area contributed by atoms with Crippen LogP contribution >= 0.6 is 11.3 Å². The van der Waals surface area contributed by atoms with E-state index in [1.54, 1.807) is 18.2 Å². The Hall–Kier alpha value is -3.06. The number of halogens is 1. The molecule has 0 saturated heterocycles. The first-order valence-electron chi connectivity index (χ1n) is 8.04. The molecule has 0 spiro atoms. The van der Waals surface area contributed by atoms with Gasteiger partial charge in [0.2, 0.25) is 4.96 Å². The molecule has 0 radical (unpaired) electrons. The normalized spacial score (nSPS) is 12.0. The van der Waals surface area contributed by atoms with Gasteiger partial charge in [-0.1, -0.05) is 23.5 Å².